The number of benzene rings is 3. The number of aliphatic hydroxyl groups is 1. The highest BCUT2D eigenvalue weighted by atomic mass is 16.7. The number of methoxy groups -OCH3 is 1. The van der Waals surface area contributed by atoms with E-state index in [0.29, 0.717) is 23.6 Å². The van der Waals surface area contributed by atoms with E-state index in [1.807, 2.05) is 35.2 Å². The summed E-state index contributed by atoms with van der Waals surface area (Å²) in [7, 11) is 1.68. The van der Waals surface area contributed by atoms with Gasteiger partial charge in [0, 0.05) is 36.7 Å². The van der Waals surface area contributed by atoms with Gasteiger partial charge in [-0.25, -0.2) is 0 Å². The Labute approximate surface area is 217 Å². The molecule has 2 saturated heterocycles. The zero-order chi connectivity index (χ0) is 25.4. The van der Waals surface area contributed by atoms with Gasteiger partial charge in [-0.3, -0.25) is 9.69 Å². The molecule has 0 aromatic heterocycles. The van der Waals surface area contributed by atoms with Gasteiger partial charge in [0.1, 0.15) is 5.75 Å². The molecule has 192 valence electrons. The number of fused-ring (bicyclic) bond motifs is 2. The molecule has 3 atom stereocenters. The minimum absolute atomic E-state index is 0.0136. The second-order valence-corrected chi connectivity index (χ2v) is 9.96. The van der Waals surface area contributed by atoms with Crippen LogP contribution >= 0.6 is 0 Å². The van der Waals surface area contributed by atoms with Crippen LogP contribution in [0.1, 0.15) is 34.7 Å². The summed E-state index contributed by atoms with van der Waals surface area (Å²) in [5, 5.41) is 10.3. The Hall–Kier alpha value is -3.55. The zero-order valence-electron chi connectivity index (χ0n) is 21.0. The summed E-state index contributed by atoms with van der Waals surface area (Å²) >= 11 is 0. The predicted octanol–water partition coefficient (Wildman–Crippen LogP) is 4.16. The third kappa shape index (κ3) is 4.43. The molecule has 7 heteroatoms. The second kappa shape index (κ2) is 10.1. The Bertz CT molecular complexity index is 1280. The van der Waals surface area contributed by atoms with Crippen molar-refractivity contribution in [1.29, 1.82) is 0 Å². The van der Waals surface area contributed by atoms with Crippen LogP contribution < -0.4 is 14.2 Å². The average Bonchev–Trinajstić information content (AvgIpc) is 3.40. The summed E-state index contributed by atoms with van der Waals surface area (Å²) < 4.78 is 16.3. The van der Waals surface area contributed by atoms with Gasteiger partial charge in [0.2, 0.25) is 6.79 Å². The Kier molecular flexibility index (Phi) is 6.49. The van der Waals surface area contributed by atoms with Crippen molar-refractivity contribution in [3.8, 4) is 28.4 Å². The number of hydrogen-bond donors (Lipinski definition) is 1. The summed E-state index contributed by atoms with van der Waals surface area (Å²) in [6.07, 6.45) is 1.94. The molecule has 2 fully saturated rings. The Balaban J connectivity index is 1.24. The number of carbonyl (C=O) groups is 1. The molecule has 6 rings (SSSR count). The lowest BCUT2D eigenvalue weighted by Gasteiger charge is -2.57. The molecule has 1 N–H and O–H groups in total. The highest BCUT2D eigenvalue weighted by Gasteiger charge is 2.49. The molecule has 0 saturated carbocycles. The van der Waals surface area contributed by atoms with Crippen LogP contribution in [0.3, 0.4) is 0 Å². The monoisotopic (exact) mass is 500 g/mol. The van der Waals surface area contributed by atoms with Crippen LogP contribution in [-0.4, -0.2) is 73.0 Å². The van der Waals surface area contributed by atoms with Crippen molar-refractivity contribution in [3.63, 3.8) is 0 Å². The fraction of sp³-hybridized carbons (Fsp3) is 0.367. The molecular formula is C30H32N2O5. The van der Waals surface area contributed by atoms with Gasteiger partial charge in [-0.15, -0.1) is 0 Å². The minimum Gasteiger partial charge on any atom is -0.497 e. The summed E-state index contributed by atoms with van der Waals surface area (Å²) in [5.74, 6) is 2.31. The maximum absolute atomic E-state index is 13.5. The van der Waals surface area contributed by atoms with Crippen LogP contribution in [0.5, 0.6) is 17.2 Å². The molecular weight excluding hydrogens is 468 g/mol. The SMILES string of the molecule is COc1cccc(-c2ccc([C@@H]3[C@@H](CO)N4CCCCN(C(=O)c5ccc6c(c5)OCO6)C[C@@H]34)cc2)c1. The van der Waals surface area contributed by atoms with Gasteiger partial charge in [-0.2, -0.15) is 0 Å². The van der Waals surface area contributed by atoms with E-state index in [1.54, 1.807) is 13.2 Å². The lowest BCUT2D eigenvalue weighted by Crippen LogP contribution is -2.67. The number of rotatable bonds is 5. The molecule has 3 aromatic rings. The first kappa shape index (κ1) is 23.8. The van der Waals surface area contributed by atoms with E-state index in [2.05, 4.69) is 35.2 Å². The highest BCUT2D eigenvalue weighted by molar-refractivity contribution is 5.95. The average molecular weight is 501 g/mol. The van der Waals surface area contributed by atoms with Gasteiger partial charge in [-0.05, 0) is 66.4 Å². The summed E-state index contributed by atoms with van der Waals surface area (Å²) in [6, 6.07) is 22.3. The van der Waals surface area contributed by atoms with Gasteiger partial charge in [-0.1, -0.05) is 36.4 Å². The van der Waals surface area contributed by atoms with E-state index < -0.39 is 0 Å². The Morgan fingerprint density at radius 1 is 0.973 bits per heavy atom. The lowest BCUT2D eigenvalue weighted by atomic mass is 9.74. The molecule has 37 heavy (non-hydrogen) atoms. The maximum Gasteiger partial charge on any atom is 0.254 e. The van der Waals surface area contributed by atoms with Crippen molar-refractivity contribution < 1.29 is 24.1 Å². The van der Waals surface area contributed by atoms with Crippen LogP contribution in [0, 0.1) is 0 Å². The van der Waals surface area contributed by atoms with E-state index in [4.69, 9.17) is 14.2 Å². The molecule has 0 spiro atoms. The van der Waals surface area contributed by atoms with Gasteiger partial charge in [0.15, 0.2) is 11.5 Å². The van der Waals surface area contributed by atoms with Gasteiger partial charge >= 0.3 is 0 Å². The lowest BCUT2D eigenvalue weighted by molar-refractivity contribution is -0.0606. The molecule has 1 amide bonds. The molecule has 3 aliphatic rings. The van der Waals surface area contributed by atoms with Crippen molar-refractivity contribution in [2.45, 2.75) is 30.8 Å². The third-order valence-corrected chi connectivity index (χ3v) is 7.98. The van der Waals surface area contributed by atoms with Gasteiger partial charge in [0.05, 0.1) is 13.7 Å². The molecule has 0 unspecified atom stereocenters. The topological polar surface area (TPSA) is 71.5 Å². The maximum atomic E-state index is 13.5. The predicted molar refractivity (Wildman–Crippen MR) is 140 cm³/mol. The van der Waals surface area contributed by atoms with Crippen LogP contribution in [0.15, 0.2) is 66.7 Å². The van der Waals surface area contributed by atoms with E-state index in [-0.39, 0.29) is 37.3 Å². The first-order valence-corrected chi connectivity index (χ1v) is 13.0. The zero-order valence-corrected chi connectivity index (χ0v) is 21.0. The third-order valence-electron chi connectivity index (χ3n) is 7.98. The standard InChI is InChI=1S/C30H32N2O5/c1-35-24-6-4-5-22(15-24)20-7-9-21(10-8-20)29-25-17-31(13-2-3-14-32(25)26(29)18-33)30(34)23-11-12-27-28(16-23)37-19-36-27/h4-12,15-16,25-26,29,33H,2-3,13-14,17-19H2,1H3/t25-,26+,29-/m0/s1. The van der Waals surface area contributed by atoms with Crippen LogP contribution in [0.25, 0.3) is 11.1 Å². The van der Waals surface area contributed by atoms with Gasteiger partial charge < -0.3 is 24.2 Å². The summed E-state index contributed by atoms with van der Waals surface area (Å²) in [6.45, 7) is 2.60. The molecule has 3 aromatic carbocycles. The van der Waals surface area contributed by atoms with E-state index in [0.717, 1.165) is 42.8 Å². The molecule has 0 radical (unpaired) electrons. The molecule has 3 heterocycles. The van der Waals surface area contributed by atoms with Crippen molar-refractivity contribution in [1.82, 2.24) is 9.80 Å². The quantitative estimate of drug-likeness (QED) is 0.568. The van der Waals surface area contributed by atoms with E-state index >= 15 is 0 Å². The number of ether oxygens (including phenoxy) is 3. The number of carbonyl (C=O) groups excluding carboxylic acids is 1. The number of nitrogens with zero attached hydrogens (tertiary/aromatic N) is 2. The van der Waals surface area contributed by atoms with Gasteiger partial charge in [0.25, 0.3) is 5.91 Å². The Morgan fingerprint density at radius 3 is 2.59 bits per heavy atom. The fourth-order valence-electron chi connectivity index (χ4n) is 6.04. The Morgan fingerprint density at radius 2 is 1.78 bits per heavy atom. The van der Waals surface area contributed by atoms with Crippen LogP contribution in [0.2, 0.25) is 0 Å². The van der Waals surface area contributed by atoms with E-state index in [1.165, 1.54) is 5.56 Å². The smallest absolute Gasteiger partial charge is 0.254 e. The number of hydrogen-bond acceptors (Lipinski definition) is 6. The van der Waals surface area contributed by atoms with Crippen molar-refractivity contribution in [3.05, 3.63) is 77.9 Å². The van der Waals surface area contributed by atoms with Crippen molar-refractivity contribution >= 4 is 5.91 Å². The minimum atomic E-state index is 0.0136. The highest BCUT2D eigenvalue weighted by Crippen LogP contribution is 2.43. The molecule has 3 aliphatic heterocycles. The van der Waals surface area contributed by atoms with Crippen LogP contribution in [0.4, 0.5) is 0 Å². The van der Waals surface area contributed by atoms with Crippen molar-refractivity contribution in [2.75, 3.05) is 40.1 Å². The molecule has 0 bridgehead atoms. The normalized spacial score (nSPS) is 23.0. The summed E-state index contributed by atoms with van der Waals surface area (Å²) in [4.78, 5) is 17.9. The number of amides is 1. The second-order valence-electron chi connectivity index (χ2n) is 9.96. The first-order chi connectivity index (χ1) is 18.2. The molecule has 0 aliphatic carbocycles. The summed E-state index contributed by atoms with van der Waals surface area (Å²) in [5.41, 5.74) is 4.04. The molecule has 7 nitrogen and oxygen atoms in total. The first-order valence-electron chi connectivity index (χ1n) is 13.0. The van der Waals surface area contributed by atoms with E-state index in [9.17, 15) is 9.90 Å². The largest absolute Gasteiger partial charge is 0.497 e. The van der Waals surface area contributed by atoms with Crippen molar-refractivity contribution in [2.24, 2.45) is 0 Å². The fourth-order valence-corrected chi connectivity index (χ4v) is 6.04. The number of aliphatic hydroxyl groups excluding tert-OH is 1. The van der Waals surface area contributed by atoms with Crippen LogP contribution in [-0.2, 0) is 0 Å².